The van der Waals surface area contributed by atoms with Crippen LogP contribution in [-0.4, -0.2) is 8.07 Å². The van der Waals surface area contributed by atoms with E-state index in [1.165, 1.54) is 121 Å². The molecule has 1 aliphatic carbocycles. The first-order valence-corrected chi connectivity index (χ1v) is 25.9. The van der Waals surface area contributed by atoms with Crippen molar-refractivity contribution in [3.63, 3.8) is 0 Å². The minimum atomic E-state index is -3.37. The lowest BCUT2D eigenvalue weighted by Gasteiger charge is -2.43. The molecule has 0 N–H and O–H groups in total. The number of allylic oxidation sites excluding steroid dienone is 4. The normalized spacial score (nSPS) is 13.1. The van der Waals surface area contributed by atoms with Gasteiger partial charge in [-0.15, -0.1) is 0 Å². The van der Waals surface area contributed by atoms with E-state index in [0.717, 1.165) is 0 Å². The fourth-order valence-corrected chi connectivity index (χ4v) is 17.3. The summed E-state index contributed by atoms with van der Waals surface area (Å²) in [5, 5.41) is 4.22. The summed E-state index contributed by atoms with van der Waals surface area (Å²) in [5.74, 6) is 0. The predicted molar refractivity (Wildman–Crippen MR) is 291 cm³/mol. The highest BCUT2D eigenvalue weighted by atomic mass is 28.3. The maximum Gasteiger partial charge on any atom is 0.159 e. The maximum absolute atomic E-state index is 3.37. The fourth-order valence-electron chi connectivity index (χ4n) is 11.3. The molecule has 0 atom stereocenters. The average Bonchev–Trinajstić information content (AvgIpc) is 3.57. The van der Waals surface area contributed by atoms with Gasteiger partial charge in [0.15, 0.2) is 8.07 Å². The quantitative estimate of drug-likeness (QED) is 0.0948. The SMILES string of the molecule is CC1=C(C)C([Si](c2cc(-c3ccccc3)c(C)c(-c3ccccc3)c2)(c2cc(-c3ccccc3)c(C)c(-c3ccccc3)c2)c2cc(-c3ccccc3)c(C)c(-c3ccccc3)c2)C(C)=C1C. The summed E-state index contributed by atoms with van der Waals surface area (Å²) >= 11 is 0. The Kier molecular flexibility index (Phi) is 11.8. The van der Waals surface area contributed by atoms with Gasteiger partial charge in [0.2, 0.25) is 0 Å². The molecule has 9 aromatic carbocycles. The van der Waals surface area contributed by atoms with Gasteiger partial charge in [0, 0.05) is 5.54 Å². The van der Waals surface area contributed by atoms with E-state index in [-0.39, 0.29) is 5.54 Å². The molecule has 0 amide bonds. The molecule has 0 aromatic heterocycles. The smallest absolute Gasteiger partial charge is 0.0647 e. The Morgan fingerprint density at radius 2 is 0.433 bits per heavy atom. The Hall–Kier alpha value is -7.32. The van der Waals surface area contributed by atoms with Gasteiger partial charge in [-0.1, -0.05) is 230 Å². The van der Waals surface area contributed by atoms with Crippen molar-refractivity contribution in [2.24, 2.45) is 0 Å². The topological polar surface area (TPSA) is 0 Å². The Labute approximate surface area is 399 Å². The lowest BCUT2D eigenvalue weighted by Crippen LogP contribution is -2.70. The lowest BCUT2D eigenvalue weighted by molar-refractivity contribution is 1.09. The first kappa shape index (κ1) is 43.6. The molecule has 326 valence electrons. The second-order valence-electron chi connectivity index (χ2n) is 18.6. The Morgan fingerprint density at radius 1 is 0.254 bits per heavy atom. The molecular formula is C66H58Si. The molecule has 1 aliphatic rings. The van der Waals surface area contributed by atoms with Crippen LogP contribution in [0.25, 0.3) is 66.8 Å². The van der Waals surface area contributed by atoms with Crippen LogP contribution in [0.1, 0.15) is 44.4 Å². The van der Waals surface area contributed by atoms with Crippen molar-refractivity contribution in [3.05, 3.63) is 257 Å². The maximum atomic E-state index is 2.63. The highest BCUT2D eigenvalue weighted by molar-refractivity contribution is 7.13. The highest BCUT2D eigenvalue weighted by Gasteiger charge is 2.51. The second kappa shape index (κ2) is 18.2. The van der Waals surface area contributed by atoms with Gasteiger partial charge < -0.3 is 0 Å². The van der Waals surface area contributed by atoms with E-state index in [2.05, 4.69) is 267 Å². The Bertz CT molecular complexity index is 2780. The molecule has 0 heterocycles. The van der Waals surface area contributed by atoms with E-state index in [0.29, 0.717) is 0 Å². The third kappa shape index (κ3) is 7.68. The summed E-state index contributed by atoms with van der Waals surface area (Å²) in [6.07, 6.45) is 0. The molecule has 9 aromatic rings. The molecule has 0 nitrogen and oxygen atoms in total. The number of hydrogen-bond acceptors (Lipinski definition) is 0. The molecule has 0 aliphatic heterocycles. The van der Waals surface area contributed by atoms with Gasteiger partial charge >= 0.3 is 0 Å². The van der Waals surface area contributed by atoms with E-state index in [4.69, 9.17) is 0 Å². The number of rotatable bonds is 10. The number of benzene rings is 9. The Balaban J connectivity index is 1.48. The van der Waals surface area contributed by atoms with E-state index in [9.17, 15) is 0 Å². The van der Waals surface area contributed by atoms with Crippen molar-refractivity contribution in [1.82, 2.24) is 0 Å². The summed E-state index contributed by atoms with van der Waals surface area (Å²) in [5.41, 5.74) is 24.8. The number of hydrogen-bond donors (Lipinski definition) is 0. The van der Waals surface area contributed by atoms with Crippen LogP contribution in [0.5, 0.6) is 0 Å². The minimum Gasteiger partial charge on any atom is -0.0647 e. The summed E-state index contributed by atoms with van der Waals surface area (Å²) < 4.78 is 0. The lowest BCUT2D eigenvalue weighted by atomic mass is 9.92. The van der Waals surface area contributed by atoms with Gasteiger partial charge in [0.05, 0.1) is 0 Å². The van der Waals surface area contributed by atoms with Gasteiger partial charge in [-0.2, -0.15) is 0 Å². The van der Waals surface area contributed by atoms with Crippen LogP contribution < -0.4 is 15.6 Å². The molecular weight excluding hydrogens is 821 g/mol. The minimum absolute atomic E-state index is 0.118. The molecule has 0 fully saturated rings. The molecule has 0 spiro atoms. The molecule has 1 heteroatoms. The van der Waals surface area contributed by atoms with Crippen LogP contribution >= 0.6 is 0 Å². The predicted octanol–water partition coefficient (Wildman–Crippen LogP) is 16.1. The second-order valence-corrected chi connectivity index (χ2v) is 22.6. The van der Waals surface area contributed by atoms with Crippen LogP contribution in [0.2, 0.25) is 5.54 Å². The standard InChI is InChI=1S/C66H58Si/c1-44-45(2)47(4)66(46(44)3)67(57-38-60(51-26-14-8-15-27-51)48(5)61(39-57)52-28-16-9-17-29-52,58-40-62(53-30-18-10-19-31-53)49(6)63(41-58)54-32-20-11-21-33-54)59-42-64(55-34-22-12-23-35-55)50(7)65(43-59)56-36-24-13-25-37-56/h8-43,66H,1-7H3. The third-order valence-electron chi connectivity index (χ3n) is 15.1. The monoisotopic (exact) mass is 878 g/mol. The summed E-state index contributed by atoms with van der Waals surface area (Å²) in [7, 11) is -3.37. The van der Waals surface area contributed by atoms with E-state index < -0.39 is 8.07 Å². The van der Waals surface area contributed by atoms with Crippen LogP contribution in [0.4, 0.5) is 0 Å². The molecule has 0 unspecified atom stereocenters. The highest BCUT2D eigenvalue weighted by Crippen LogP contribution is 2.49. The zero-order chi connectivity index (χ0) is 46.2. The largest absolute Gasteiger partial charge is 0.159 e. The average molecular weight is 879 g/mol. The molecule has 67 heavy (non-hydrogen) atoms. The van der Waals surface area contributed by atoms with Crippen molar-refractivity contribution in [2.75, 3.05) is 0 Å². The summed E-state index contributed by atoms with van der Waals surface area (Å²) in [6.45, 7) is 16.6. The van der Waals surface area contributed by atoms with Crippen LogP contribution in [0.3, 0.4) is 0 Å². The van der Waals surface area contributed by atoms with Crippen molar-refractivity contribution in [2.45, 2.75) is 54.0 Å². The van der Waals surface area contributed by atoms with E-state index in [1.54, 1.807) is 0 Å². The van der Waals surface area contributed by atoms with Gasteiger partial charge in [-0.25, -0.2) is 0 Å². The van der Waals surface area contributed by atoms with Gasteiger partial charge in [-0.3, -0.25) is 0 Å². The molecule has 0 bridgehead atoms. The van der Waals surface area contributed by atoms with Crippen molar-refractivity contribution in [3.8, 4) is 66.8 Å². The molecule has 10 rings (SSSR count). The summed E-state index contributed by atoms with van der Waals surface area (Å²) in [4.78, 5) is 0. The Morgan fingerprint density at radius 3 is 0.612 bits per heavy atom. The van der Waals surface area contributed by atoms with Crippen LogP contribution in [0.15, 0.2) is 241 Å². The first-order chi connectivity index (χ1) is 32.7. The van der Waals surface area contributed by atoms with Crippen LogP contribution in [0, 0.1) is 20.8 Å². The molecule has 0 radical (unpaired) electrons. The van der Waals surface area contributed by atoms with Gasteiger partial charge in [-0.05, 0) is 159 Å². The summed E-state index contributed by atoms with van der Waals surface area (Å²) in [6, 6.07) is 82.4. The van der Waals surface area contributed by atoms with E-state index in [1.807, 2.05) is 0 Å². The molecule has 0 saturated heterocycles. The van der Waals surface area contributed by atoms with Crippen LogP contribution in [-0.2, 0) is 0 Å². The zero-order valence-corrected chi connectivity index (χ0v) is 40.9. The molecule has 0 saturated carbocycles. The zero-order valence-electron chi connectivity index (χ0n) is 39.9. The van der Waals surface area contributed by atoms with Crippen molar-refractivity contribution >= 4 is 23.6 Å². The first-order valence-electron chi connectivity index (χ1n) is 23.8. The fraction of sp³-hybridized carbons (Fsp3) is 0.121. The van der Waals surface area contributed by atoms with Crippen molar-refractivity contribution < 1.29 is 0 Å². The van der Waals surface area contributed by atoms with Gasteiger partial charge in [0.25, 0.3) is 0 Å². The van der Waals surface area contributed by atoms with Gasteiger partial charge in [0.1, 0.15) is 0 Å². The van der Waals surface area contributed by atoms with E-state index >= 15 is 0 Å². The van der Waals surface area contributed by atoms with Crippen molar-refractivity contribution in [1.29, 1.82) is 0 Å². The third-order valence-corrected chi connectivity index (χ3v) is 20.5.